The lowest BCUT2D eigenvalue weighted by Crippen LogP contribution is -2.32. The van der Waals surface area contributed by atoms with Gasteiger partial charge >= 0.3 is 11.9 Å². The highest BCUT2D eigenvalue weighted by molar-refractivity contribution is 5.83. The van der Waals surface area contributed by atoms with Crippen LogP contribution in [-0.2, 0) is 9.59 Å². The maximum atomic E-state index is 14.6. The molecule has 0 amide bonds. The summed E-state index contributed by atoms with van der Waals surface area (Å²) in [5, 5.41) is 0. The van der Waals surface area contributed by atoms with Crippen molar-refractivity contribution in [2.45, 2.75) is 439 Å². The molecule has 570 valence electrons. The Labute approximate surface area is 616 Å². The van der Waals surface area contributed by atoms with Gasteiger partial charge in [0.15, 0.2) is 0 Å². The van der Waals surface area contributed by atoms with Gasteiger partial charge in [0.25, 0.3) is 0 Å². The number of esters is 2. The third kappa shape index (κ3) is 34.6. The molecule has 3 aliphatic carbocycles. The van der Waals surface area contributed by atoms with Gasteiger partial charge in [-0.3, -0.25) is 9.59 Å². The Morgan fingerprint density at radius 3 is 0.550 bits per heavy atom. The van der Waals surface area contributed by atoms with Crippen LogP contribution in [-0.4, -0.2) is 38.4 Å². The smallest absolute Gasteiger partial charge is 0.311 e. The van der Waals surface area contributed by atoms with Gasteiger partial charge in [-0.15, -0.1) is 0 Å². The SMILES string of the molecule is CCCCCCCCCCCCOc1ccc(OCCCCCCCCCCCC)c2c1C1c3c(OCCCCCCCCCCCC)ccc(OCCCCCCCCCCCC)c3C2c2c(OC(=O)CCCCCCCCCCC)ccc(OC(=O)CCCCCCCCCCC)c21. The van der Waals surface area contributed by atoms with Crippen molar-refractivity contribution in [1.29, 1.82) is 0 Å². The molecule has 100 heavy (non-hydrogen) atoms. The van der Waals surface area contributed by atoms with E-state index < -0.39 is 11.8 Å². The van der Waals surface area contributed by atoms with E-state index in [1.54, 1.807) is 0 Å². The molecule has 3 aliphatic rings. The first-order valence-corrected chi connectivity index (χ1v) is 43.9. The van der Waals surface area contributed by atoms with Crippen molar-refractivity contribution in [1.82, 2.24) is 0 Å². The first-order chi connectivity index (χ1) is 49.4. The summed E-state index contributed by atoms with van der Waals surface area (Å²) in [6.45, 7) is 16.1. The van der Waals surface area contributed by atoms with Crippen molar-refractivity contribution in [3.8, 4) is 34.5 Å². The van der Waals surface area contributed by atoms with Gasteiger partial charge in [0, 0.05) is 58.1 Å². The Morgan fingerprint density at radius 1 is 0.210 bits per heavy atom. The first-order valence-electron chi connectivity index (χ1n) is 43.9. The molecule has 0 spiro atoms. The average Bonchev–Trinajstić information content (AvgIpc) is 0.680. The minimum Gasteiger partial charge on any atom is -0.493 e. The Balaban J connectivity index is 1.61. The molecule has 6 rings (SSSR count). The number of hydrogen-bond donors (Lipinski definition) is 0. The molecule has 0 aromatic heterocycles. The number of carbonyl (C=O) groups excluding carboxylic acids is 2. The van der Waals surface area contributed by atoms with E-state index in [-0.39, 0.29) is 11.9 Å². The molecule has 0 saturated carbocycles. The molecule has 3 aromatic rings. The van der Waals surface area contributed by atoms with E-state index in [0.717, 1.165) is 146 Å². The van der Waals surface area contributed by atoms with Gasteiger partial charge < -0.3 is 28.4 Å². The zero-order valence-electron chi connectivity index (χ0n) is 66.1. The molecule has 0 aliphatic heterocycles. The summed E-state index contributed by atoms with van der Waals surface area (Å²) >= 11 is 0. The van der Waals surface area contributed by atoms with Gasteiger partial charge in [0.1, 0.15) is 34.5 Å². The molecule has 8 heteroatoms. The van der Waals surface area contributed by atoms with Crippen molar-refractivity contribution in [3.63, 3.8) is 0 Å². The molecule has 0 saturated heterocycles. The molecule has 0 fully saturated rings. The van der Waals surface area contributed by atoms with Crippen molar-refractivity contribution < 1.29 is 38.0 Å². The van der Waals surface area contributed by atoms with E-state index in [9.17, 15) is 9.59 Å². The van der Waals surface area contributed by atoms with Gasteiger partial charge in [0.2, 0.25) is 0 Å². The van der Waals surface area contributed by atoms with Crippen LogP contribution in [0.1, 0.15) is 472 Å². The summed E-state index contributed by atoms with van der Waals surface area (Å²) in [5.74, 6) is 2.92. The predicted octanol–water partition coefficient (Wildman–Crippen LogP) is 29.5. The van der Waals surface area contributed by atoms with Crippen LogP contribution >= 0.6 is 0 Å². The first kappa shape index (κ1) is 86.4. The lowest BCUT2D eigenvalue weighted by Gasteiger charge is -2.45. The summed E-state index contributed by atoms with van der Waals surface area (Å²) in [5.41, 5.74) is 5.91. The van der Waals surface area contributed by atoms with Gasteiger partial charge in [-0.1, -0.05) is 375 Å². The Morgan fingerprint density at radius 2 is 0.360 bits per heavy atom. The maximum Gasteiger partial charge on any atom is 0.311 e. The van der Waals surface area contributed by atoms with E-state index in [2.05, 4.69) is 65.8 Å². The highest BCUT2D eigenvalue weighted by atomic mass is 16.5. The zero-order chi connectivity index (χ0) is 71.0. The molecular weight excluding hydrogens is 1230 g/mol. The van der Waals surface area contributed by atoms with Gasteiger partial charge in [-0.25, -0.2) is 0 Å². The fourth-order valence-corrected chi connectivity index (χ4v) is 15.7. The fraction of sp³-hybridized carbons (Fsp3) is 0.783. The molecule has 0 N–H and O–H groups in total. The third-order valence-electron chi connectivity index (χ3n) is 21.8. The van der Waals surface area contributed by atoms with E-state index >= 15 is 0 Å². The summed E-state index contributed by atoms with van der Waals surface area (Å²) in [6.07, 6.45) is 71.8. The van der Waals surface area contributed by atoms with Crippen LogP contribution in [0, 0.1) is 0 Å². The summed E-state index contributed by atoms with van der Waals surface area (Å²) in [4.78, 5) is 29.2. The highest BCUT2D eigenvalue weighted by Crippen LogP contribution is 2.67. The van der Waals surface area contributed by atoms with Crippen LogP contribution in [0.5, 0.6) is 34.5 Å². The molecule has 2 bridgehead atoms. The number of ether oxygens (including phenoxy) is 6. The Bertz CT molecular complexity index is 2240. The molecular formula is C92H154O8. The van der Waals surface area contributed by atoms with E-state index in [1.807, 2.05) is 12.1 Å². The molecule has 8 nitrogen and oxygen atoms in total. The van der Waals surface area contributed by atoms with Gasteiger partial charge in [-0.05, 0) is 74.9 Å². The summed E-state index contributed by atoms with van der Waals surface area (Å²) in [7, 11) is 0. The lowest BCUT2D eigenvalue weighted by molar-refractivity contribution is -0.135. The van der Waals surface area contributed by atoms with Crippen molar-refractivity contribution in [3.05, 3.63) is 69.8 Å². The number of unbranched alkanes of at least 4 members (excludes halogenated alkanes) is 52. The quantitative estimate of drug-likeness (QED) is 0.0216. The van der Waals surface area contributed by atoms with Crippen LogP contribution in [0.15, 0.2) is 36.4 Å². The van der Waals surface area contributed by atoms with Crippen LogP contribution in [0.2, 0.25) is 0 Å². The van der Waals surface area contributed by atoms with E-state index in [1.165, 1.54) is 283 Å². The summed E-state index contributed by atoms with van der Waals surface area (Å²) < 4.78 is 42.5. The standard InChI is InChI=1S/C92H154O8/c1-7-13-19-25-31-37-43-49-55-61-73-95-77-67-68-78(96-74-62-56-50-44-38-32-26-20-14-8-2)86-85(77)91-87-79(97-75-63-57-51-45-39-33-27-21-15-9-3)69-70-80(98-76-64-58-52-46-40-34-28-22-16-10-4)88(87)92(86)90-82(100-84(94)66-60-54-48-42-36-30-24-18-12-6)72-71-81(89(90)91)99-83(93)65-59-53-47-41-35-29-23-17-11-5/h67-72,91-92H,7-66,73-76H2,1-6H3. The van der Waals surface area contributed by atoms with Gasteiger partial charge in [0.05, 0.1) is 26.4 Å². The van der Waals surface area contributed by atoms with Crippen LogP contribution in [0.3, 0.4) is 0 Å². The summed E-state index contributed by atoms with van der Waals surface area (Å²) in [6, 6.07) is 12.5. The molecule has 3 aromatic carbocycles. The number of carbonyl (C=O) groups is 2. The third-order valence-corrected chi connectivity index (χ3v) is 21.8. The fourth-order valence-electron chi connectivity index (χ4n) is 15.7. The van der Waals surface area contributed by atoms with Crippen LogP contribution in [0.4, 0.5) is 0 Å². The van der Waals surface area contributed by atoms with Gasteiger partial charge in [-0.2, -0.15) is 0 Å². The molecule has 0 heterocycles. The monoisotopic (exact) mass is 1390 g/mol. The maximum absolute atomic E-state index is 14.6. The number of rotatable bonds is 70. The molecule has 0 atom stereocenters. The lowest BCUT2D eigenvalue weighted by atomic mass is 9.59. The Hall–Kier alpha value is -4.20. The second kappa shape index (κ2) is 58.1. The minimum atomic E-state index is -0.511. The second-order valence-electron chi connectivity index (χ2n) is 30.8. The molecule has 0 unspecified atom stereocenters. The van der Waals surface area contributed by atoms with Crippen molar-refractivity contribution >= 4 is 11.9 Å². The highest BCUT2D eigenvalue weighted by Gasteiger charge is 2.51. The largest absolute Gasteiger partial charge is 0.493 e. The Kier molecular flexibility index (Phi) is 50.2. The normalized spacial score (nSPS) is 13.5. The number of hydrogen-bond acceptors (Lipinski definition) is 8. The van der Waals surface area contributed by atoms with E-state index in [0.29, 0.717) is 50.8 Å². The van der Waals surface area contributed by atoms with E-state index in [4.69, 9.17) is 28.4 Å². The average molecular weight is 1390 g/mol. The minimum absolute atomic E-state index is 0.223. The predicted molar refractivity (Wildman–Crippen MR) is 426 cm³/mol. The van der Waals surface area contributed by atoms with Crippen molar-refractivity contribution in [2.24, 2.45) is 0 Å². The van der Waals surface area contributed by atoms with Crippen LogP contribution < -0.4 is 28.4 Å². The topological polar surface area (TPSA) is 89.5 Å². The number of benzene rings is 3. The zero-order valence-corrected chi connectivity index (χ0v) is 66.1. The van der Waals surface area contributed by atoms with Crippen molar-refractivity contribution in [2.75, 3.05) is 26.4 Å². The van der Waals surface area contributed by atoms with Crippen LogP contribution in [0.25, 0.3) is 0 Å². The molecule has 0 radical (unpaired) electrons. The second-order valence-corrected chi connectivity index (χ2v) is 30.8.